The number of allylic oxidation sites excluding steroid dienone is 1. The molecule has 0 saturated heterocycles. The van der Waals surface area contributed by atoms with Crippen LogP contribution in [0.25, 0.3) is 0 Å². The van der Waals surface area contributed by atoms with Gasteiger partial charge in [-0.1, -0.05) is 6.08 Å². The van der Waals surface area contributed by atoms with Crippen molar-refractivity contribution in [3.8, 4) is 0 Å². The topological polar surface area (TPSA) is 18.5 Å². The third-order valence-corrected chi connectivity index (χ3v) is 3.20. The summed E-state index contributed by atoms with van der Waals surface area (Å²) in [6, 6.07) is 1.06. The molecule has 0 aliphatic rings. The van der Waals surface area contributed by atoms with Crippen LogP contribution in [0, 0.1) is 0 Å². The predicted molar refractivity (Wildman–Crippen MR) is 50.5 cm³/mol. The third kappa shape index (κ3) is 7.78. The molecule has 0 aromatic carbocycles. The molecule has 1 atom stereocenters. The second kappa shape index (κ2) is 7.98. The molecule has 66 valence electrons. The zero-order valence-electron chi connectivity index (χ0n) is 7.51. The van der Waals surface area contributed by atoms with Crippen LogP contribution in [-0.2, 0) is 9.16 Å². The van der Waals surface area contributed by atoms with Gasteiger partial charge in [-0.25, -0.2) is 0 Å². The van der Waals surface area contributed by atoms with E-state index in [2.05, 4.69) is 13.1 Å². The van der Waals surface area contributed by atoms with Gasteiger partial charge in [0, 0.05) is 20.3 Å². The summed E-state index contributed by atoms with van der Waals surface area (Å²) in [6.07, 6.45) is 2.94. The molecule has 0 spiro atoms. The van der Waals surface area contributed by atoms with Crippen LogP contribution in [0.15, 0.2) is 12.7 Å². The summed E-state index contributed by atoms with van der Waals surface area (Å²) in [7, 11) is 0.794. The highest BCUT2D eigenvalue weighted by atomic mass is 28.3. The molecule has 0 amide bonds. The lowest BCUT2D eigenvalue weighted by Crippen LogP contribution is -2.13. The summed E-state index contributed by atoms with van der Waals surface area (Å²) in [5.74, 6) is 0. The van der Waals surface area contributed by atoms with Gasteiger partial charge in [-0.2, -0.15) is 0 Å². The summed E-state index contributed by atoms with van der Waals surface area (Å²) >= 11 is 0. The van der Waals surface area contributed by atoms with E-state index >= 15 is 0 Å². The monoisotopic (exact) mass is 174 g/mol. The van der Waals surface area contributed by atoms with Crippen LogP contribution in [0.1, 0.15) is 6.42 Å². The predicted octanol–water partition coefficient (Wildman–Crippen LogP) is 1.58. The Kier molecular flexibility index (Phi) is 7.89. The van der Waals surface area contributed by atoms with Crippen molar-refractivity contribution in [2.24, 2.45) is 0 Å². The molecule has 0 aliphatic carbocycles. The van der Waals surface area contributed by atoms with Crippen molar-refractivity contribution >= 4 is 9.04 Å². The average Bonchev–Trinajstić information content (AvgIpc) is 1.99. The number of ether oxygens (including phenoxy) is 1. The van der Waals surface area contributed by atoms with Gasteiger partial charge < -0.3 is 9.16 Å². The summed E-state index contributed by atoms with van der Waals surface area (Å²) in [5.41, 5.74) is 0. The minimum Gasteiger partial charge on any atom is -0.420 e. The highest BCUT2D eigenvalue weighted by molar-refractivity contribution is 6.50. The minimum absolute atomic E-state index is 0.801. The van der Waals surface area contributed by atoms with Crippen molar-refractivity contribution < 1.29 is 9.16 Å². The fraction of sp³-hybridized carbons (Fsp3) is 0.750. The normalized spacial score (nSPS) is 12.9. The van der Waals surface area contributed by atoms with Gasteiger partial charge in [-0.3, -0.25) is 0 Å². The minimum atomic E-state index is -0.918. The quantitative estimate of drug-likeness (QED) is 0.331. The van der Waals surface area contributed by atoms with Gasteiger partial charge in [-0.15, -0.1) is 6.58 Å². The molecule has 0 radical (unpaired) electrons. The summed E-state index contributed by atoms with van der Waals surface area (Å²) in [5, 5.41) is 0. The van der Waals surface area contributed by atoms with Crippen molar-refractivity contribution in [2.45, 2.75) is 19.0 Å². The Morgan fingerprint density at radius 3 is 2.73 bits per heavy atom. The van der Waals surface area contributed by atoms with E-state index in [0.29, 0.717) is 0 Å². The zero-order valence-corrected chi connectivity index (χ0v) is 8.66. The first-order valence-electron chi connectivity index (χ1n) is 4.02. The van der Waals surface area contributed by atoms with Gasteiger partial charge in [0.05, 0.1) is 0 Å². The molecule has 0 fully saturated rings. The molecule has 3 heteroatoms. The SMILES string of the molecule is C=CC[SiH](C)OCCCOC. The van der Waals surface area contributed by atoms with Crippen molar-refractivity contribution in [2.75, 3.05) is 20.3 Å². The van der Waals surface area contributed by atoms with Crippen LogP contribution < -0.4 is 0 Å². The Morgan fingerprint density at radius 2 is 2.18 bits per heavy atom. The number of methoxy groups -OCH3 is 1. The molecule has 0 aromatic heterocycles. The summed E-state index contributed by atoms with van der Waals surface area (Å²) in [6.45, 7) is 7.51. The summed E-state index contributed by atoms with van der Waals surface area (Å²) in [4.78, 5) is 0. The molecule has 1 unspecified atom stereocenters. The maximum Gasteiger partial charge on any atom is 0.177 e. The Balaban J connectivity index is 3.03. The van der Waals surface area contributed by atoms with Gasteiger partial charge in [-0.05, 0) is 19.0 Å². The maximum atomic E-state index is 5.57. The zero-order chi connectivity index (χ0) is 8.53. The van der Waals surface area contributed by atoms with E-state index in [4.69, 9.17) is 9.16 Å². The summed E-state index contributed by atoms with van der Waals surface area (Å²) < 4.78 is 10.5. The second-order valence-electron chi connectivity index (χ2n) is 2.55. The van der Waals surface area contributed by atoms with Gasteiger partial charge in [0.1, 0.15) is 0 Å². The standard InChI is InChI=1S/C8H18O2Si/c1-4-8-11(3)10-7-5-6-9-2/h4,11H,1,5-8H2,2-3H3. The van der Waals surface area contributed by atoms with Crippen molar-refractivity contribution in [1.29, 1.82) is 0 Å². The lowest BCUT2D eigenvalue weighted by atomic mass is 10.5. The highest BCUT2D eigenvalue weighted by Crippen LogP contribution is 1.95. The Bertz CT molecular complexity index is 96.1. The molecule has 0 aliphatic heterocycles. The molecule has 0 rings (SSSR count). The number of rotatable bonds is 7. The molecule has 2 nitrogen and oxygen atoms in total. The van der Waals surface area contributed by atoms with Gasteiger partial charge in [0.15, 0.2) is 9.04 Å². The first kappa shape index (κ1) is 10.9. The van der Waals surface area contributed by atoms with Crippen LogP contribution in [0.3, 0.4) is 0 Å². The molecule has 0 heterocycles. The molecular formula is C8H18O2Si. The van der Waals surface area contributed by atoms with E-state index in [1.807, 2.05) is 6.08 Å². The molecule has 11 heavy (non-hydrogen) atoms. The molecule has 0 N–H and O–H groups in total. The van der Waals surface area contributed by atoms with E-state index in [-0.39, 0.29) is 0 Å². The van der Waals surface area contributed by atoms with E-state index in [1.165, 1.54) is 0 Å². The van der Waals surface area contributed by atoms with E-state index in [9.17, 15) is 0 Å². The largest absolute Gasteiger partial charge is 0.420 e. The van der Waals surface area contributed by atoms with E-state index in [0.717, 1.165) is 25.7 Å². The van der Waals surface area contributed by atoms with Crippen LogP contribution in [0.2, 0.25) is 12.6 Å². The van der Waals surface area contributed by atoms with Gasteiger partial charge in [0.25, 0.3) is 0 Å². The molecule has 0 bridgehead atoms. The van der Waals surface area contributed by atoms with Gasteiger partial charge >= 0.3 is 0 Å². The Labute approximate surface area is 70.9 Å². The lowest BCUT2D eigenvalue weighted by molar-refractivity contribution is 0.172. The van der Waals surface area contributed by atoms with Crippen LogP contribution in [-0.4, -0.2) is 29.4 Å². The highest BCUT2D eigenvalue weighted by Gasteiger charge is 2.00. The maximum absolute atomic E-state index is 5.57. The van der Waals surface area contributed by atoms with Gasteiger partial charge in [0.2, 0.25) is 0 Å². The van der Waals surface area contributed by atoms with Crippen molar-refractivity contribution in [3.63, 3.8) is 0 Å². The first-order chi connectivity index (χ1) is 5.31. The van der Waals surface area contributed by atoms with E-state index < -0.39 is 9.04 Å². The first-order valence-corrected chi connectivity index (χ1v) is 6.47. The molecule has 0 aromatic rings. The van der Waals surface area contributed by atoms with Crippen LogP contribution in [0.4, 0.5) is 0 Å². The number of hydrogen-bond acceptors (Lipinski definition) is 2. The Morgan fingerprint density at radius 1 is 1.45 bits per heavy atom. The van der Waals surface area contributed by atoms with Crippen LogP contribution in [0.5, 0.6) is 0 Å². The van der Waals surface area contributed by atoms with E-state index in [1.54, 1.807) is 7.11 Å². The average molecular weight is 174 g/mol. The number of hydrogen-bond donors (Lipinski definition) is 0. The smallest absolute Gasteiger partial charge is 0.177 e. The molecule has 0 saturated carbocycles. The fourth-order valence-electron chi connectivity index (χ4n) is 0.791. The fourth-order valence-corrected chi connectivity index (χ4v) is 1.97. The Hall–Kier alpha value is -0.123. The van der Waals surface area contributed by atoms with Crippen molar-refractivity contribution in [3.05, 3.63) is 12.7 Å². The second-order valence-corrected chi connectivity index (χ2v) is 4.98. The third-order valence-electron chi connectivity index (χ3n) is 1.39. The van der Waals surface area contributed by atoms with Crippen LogP contribution >= 0.6 is 0 Å². The molecular weight excluding hydrogens is 156 g/mol. The van der Waals surface area contributed by atoms with Crippen molar-refractivity contribution in [1.82, 2.24) is 0 Å². The lowest BCUT2D eigenvalue weighted by Gasteiger charge is -2.08.